The molecule has 1 saturated heterocycles. The van der Waals surface area contributed by atoms with Gasteiger partial charge < -0.3 is 19.5 Å². The molecular weight excluding hydrogens is 290 g/mol. The van der Waals surface area contributed by atoms with E-state index in [1.165, 1.54) is 13.0 Å². The smallest absolute Gasteiger partial charge is 0.252 e. The van der Waals surface area contributed by atoms with Crippen LogP contribution in [0.15, 0.2) is 35.1 Å². The number of H-pyrrole nitrogens is 1. The van der Waals surface area contributed by atoms with Crippen LogP contribution in [0.4, 0.5) is 0 Å². The van der Waals surface area contributed by atoms with Gasteiger partial charge in [0.2, 0.25) is 0 Å². The molecule has 2 aromatic rings. The lowest BCUT2D eigenvalue weighted by Crippen LogP contribution is -2.30. The van der Waals surface area contributed by atoms with Crippen molar-refractivity contribution in [3.63, 3.8) is 0 Å². The average molecular weight is 315 g/mol. The number of benzene rings is 1. The molecule has 5 nitrogen and oxygen atoms in total. The summed E-state index contributed by atoms with van der Waals surface area (Å²) in [4.78, 5) is 19.4. The first kappa shape index (κ1) is 16.0. The maximum atomic E-state index is 11.7. The van der Waals surface area contributed by atoms with Gasteiger partial charge in [-0.1, -0.05) is 12.1 Å². The fourth-order valence-corrected chi connectivity index (χ4v) is 3.09. The number of hydrogen-bond acceptors (Lipinski definition) is 4. The van der Waals surface area contributed by atoms with E-state index in [0.717, 1.165) is 43.5 Å². The normalized spacial score (nSPS) is 17.3. The molecule has 5 heteroatoms. The second kappa shape index (κ2) is 7.62. The van der Waals surface area contributed by atoms with Crippen LogP contribution < -0.4 is 10.3 Å². The predicted molar refractivity (Wildman–Crippen MR) is 93.2 cm³/mol. The summed E-state index contributed by atoms with van der Waals surface area (Å²) < 4.78 is 5.89. The van der Waals surface area contributed by atoms with Crippen LogP contribution in [-0.2, 0) is 0 Å². The highest BCUT2D eigenvalue weighted by atomic mass is 16.5. The zero-order valence-electron chi connectivity index (χ0n) is 13.8. The lowest BCUT2D eigenvalue weighted by atomic mass is 10.2. The van der Waals surface area contributed by atoms with E-state index in [4.69, 9.17) is 4.74 Å². The number of ether oxygens (including phenoxy) is 1. The summed E-state index contributed by atoms with van der Waals surface area (Å²) in [6.07, 6.45) is 2.21. The highest BCUT2D eigenvalue weighted by Gasteiger charge is 2.11. The fraction of sp³-hybridized carbons (Fsp3) is 0.500. The van der Waals surface area contributed by atoms with Gasteiger partial charge in [-0.2, -0.15) is 0 Å². The van der Waals surface area contributed by atoms with Crippen LogP contribution in [0.1, 0.15) is 12.8 Å². The van der Waals surface area contributed by atoms with Gasteiger partial charge in [-0.25, -0.2) is 0 Å². The minimum absolute atomic E-state index is 0.116. The van der Waals surface area contributed by atoms with E-state index >= 15 is 0 Å². The van der Waals surface area contributed by atoms with Crippen LogP contribution in [0.3, 0.4) is 0 Å². The van der Waals surface area contributed by atoms with Crippen LogP contribution in [0, 0.1) is 0 Å². The van der Waals surface area contributed by atoms with E-state index in [0.29, 0.717) is 12.4 Å². The zero-order valence-corrected chi connectivity index (χ0v) is 13.8. The van der Waals surface area contributed by atoms with Gasteiger partial charge in [0.25, 0.3) is 5.56 Å². The Bertz CT molecular complexity index is 698. The Labute approximate surface area is 136 Å². The summed E-state index contributed by atoms with van der Waals surface area (Å²) in [5.41, 5.74) is 0.708. The van der Waals surface area contributed by atoms with Crippen molar-refractivity contribution in [3.8, 4) is 5.75 Å². The van der Waals surface area contributed by atoms with Crippen LogP contribution in [0.2, 0.25) is 0 Å². The fourth-order valence-electron chi connectivity index (χ4n) is 3.09. The lowest BCUT2D eigenvalue weighted by Gasteiger charge is -2.20. The molecule has 1 aliphatic heterocycles. The Morgan fingerprint density at radius 2 is 2.04 bits per heavy atom. The number of aromatic amines is 1. The number of hydrogen-bond donors (Lipinski definition) is 1. The molecule has 124 valence electrons. The van der Waals surface area contributed by atoms with Gasteiger partial charge in [0, 0.05) is 31.1 Å². The first-order valence-corrected chi connectivity index (χ1v) is 8.38. The third-order valence-electron chi connectivity index (χ3n) is 4.40. The molecule has 2 heterocycles. The van der Waals surface area contributed by atoms with Crippen LogP contribution in [0.5, 0.6) is 5.75 Å². The highest BCUT2D eigenvalue weighted by Crippen LogP contribution is 2.21. The molecule has 0 aliphatic carbocycles. The number of para-hydroxylation sites is 1. The third-order valence-corrected chi connectivity index (χ3v) is 4.40. The molecule has 0 spiro atoms. The Kier molecular flexibility index (Phi) is 5.31. The molecule has 0 saturated carbocycles. The second-order valence-corrected chi connectivity index (χ2v) is 6.24. The number of nitrogens with one attached hydrogen (secondary N) is 1. The molecule has 3 rings (SSSR count). The summed E-state index contributed by atoms with van der Waals surface area (Å²) >= 11 is 0. The van der Waals surface area contributed by atoms with Crippen molar-refractivity contribution < 1.29 is 4.74 Å². The number of fused-ring (bicyclic) bond motifs is 1. The second-order valence-electron chi connectivity index (χ2n) is 6.24. The maximum absolute atomic E-state index is 11.7. The lowest BCUT2D eigenvalue weighted by molar-refractivity contribution is 0.238. The quantitative estimate of drug-likeness (QED) is 0.857. The SMILES string of the molecule is CN1CCCN(CCCOc2cc(=O)[nH]c3ccccc23)CC1. The van der Waals surface area contributed by atoms with Crippen molar-refractivity contribution in [2.75, 3.05) is 46.4 Å². The molecule has 0 radical (unpaired) electrons. The first-order chi connectivity index (χ1) is 11.2. The van der Waals surface area contributed by atoms with Gasteiger partial charge in [-0.3, -0.25) is 4.79 Å². The average Bonchev–Trinajstić information content (AvgIpc) is 2.76. The standard InChI is InChI=1S/C18H25N3O2/c1-20-8-4-9-21(12-11-20)10-5-13-23-17-14-18(22)19-16-7-3-2-6-15(16)17/h2-3,6-7,14H,4-5,8-13H2,1H3,(H,19,22). The van der Waals surface area contributed by atoms with Crippen molar-refractivity contribution in [3.05, 3.63) is 40.7 Å². The predicted octanol–water partition coefficient (Wildman–Crippen LogP) is 1.93. The van der Waals surface area contributed by atoms with Crippen molar-refractivity contribution in [2.24, 2.45) is 0 Å². The molecular formula is C18H25N3O2. The van der Waals surface area contributed by atoms with Crippen molar-refractivity contribution in [2.45, 2.75) is 12.8 Å². The largest absolute Gasteiger partial charge is 0.493 e. The molecule has 1 aromatic carbocycles. The molecule has 0 unspecified atom stereocenters. The Balaban J connectivity index is 1.54. The molecule has 23 heavy (non-hydrogen) atoms. The molecule has 1 fully saturated rings. The van der Waals surface area contributed by atoms with Gasteiger partial charge in [0.05, 0.1) is 12.1 Å². The monoisotopic (exact) mass is 315 g/mol. The minimum Gasteiger partial charge on any atom is -0.493 e. The van der Waals surface area contributed by atoms with E-state index in [2.05, 4.69) is 21.8 Å². The van der Waals surface area contributed by atoms with E-state index in [9.17, 15) is 4.79 Å². The minimum atomic E-state index is -0.116. The van der Waals surface area contributed by atoms with Crippen LogP contribution in [-0.4, -0.2) is 61.2 Å². The molecule has 1 aromatic heterocycles. The van der Waals surface area contributed by atoms with E-state index in [-0.39, 0.29) is 5.56 Å². The molecule has 1 aliphatic rings. The van der Waals surface area contributed by atoms with Crippen LogP contribution in [0.25, 0.3) is 10.9 Å². The van der Waals surface area contributed by atoms with Gasteiger partial charge in [0.1, 0.15) is 5.75 Å². The van der Waals surface area contributed by atoms with Gasteiger partial charge in [-0.05, 0) is 45.1 Å². The Morgan fingerprint density at radius 3 is 2.96 bits per heavy atom. The van der Waals surface area contributed by atoms with E-state index < -0.39 is 0 Å². The topological polar surface area (TPSA) is 48.6 Å². The Morgan fingerprint density at radius 1 is 1.17 bits per heavy atom. The van der Waals surface area contributed by atoms with E-state index in [1.807, 2.05) is 24.3 Å². The summed E-state index contributed by atoms with van der Waals surface area (Å²) in [6, 6.07) is 9.30. The number of rotatable bonds is 5. The highest BCUT2D eigenvalue weighted by molar-refractivity contribution is 5.84. The van der Waals surface area contributed by atoms with Crippen molar-refractivity contribution >= 4 is 10.9 Å². The number of likely N-dealkylation sites (N-methyl/N-ethyl adjacent to an activating group) is 1. The van der Waals surface area contributed by atoms with E-state index in [1.54, 1.807) is 6.07 Å². The third kappa shape index (κ3) is 4.33. The first-order valence-electron chi connectivity index (χ1n) is 8.38. The number of nitrogens with zero attached hydrogens (tertiary/aromatic N) is 2. The van der Waals surface area contributed by atoms with Crippen molar-refractivity contribution in [1.82, 2.24) is 14.8 Å². The maximum Gasteiger partial charge on any atom is 0.252 e. The molecule has 1 N–H and O–H groups in total. The van der Waals surface area contributed by atoms with Gasteiger partial charge >= 0.3 is 0 Å². The van der Waals surface area contributed by atoms with Gasteiger partial charge in [0.15, 0.2) is 0 Å². The van der Waals surface area contributed by atoms with Crippen LogP contribution >= 0.6 is 0 Å². The summed E-state index contributed by atoms with van der Waals surface area (Å²) in [5, 5.41) is 0.962. The molecule has 0 atom stereocenters. The molecule has 0 amide bonds. The summed E-state index contributed by atoms with van der Waals surface area (Å²) in [5.74, 6) is 0.681. The van der Waals surface area contributed by atoms with Gasteiger partial charge in [-0.15, -0.1) is 0 Å². The zero-order chi connectivity index (χ0) is 16.1. The summed E-state index contributed by atoms with van der Waals surface area (Å²) in [6.45, 7) is 6.31. The Hall–Kier alpha value is -1.85. The number of aromatic nitrogens is 1. The number of pyridine rings is 1. The van der Waals surface area contributed by atoms with Crippen molar-refractivity contribution in [1.29, 1.82) is 0 Å². The molecule has 0 bridgehead atoms. The summed E-state index contributed by atoms with van der Waals surface area (Å²) in [7, 11) is 2.19.